The van der Waals surface area contributed by atoms with Gasteiger partial charge in [-0.2, -0.15) is 0 Å². The molecule has 0 aliphatic heterocycles. The maximum atomic E-state index is 11.7. The van der Waals surface area contributed by atoms with E-state index in [0.717, 1.165) is 18.5 Å². The van der Waals surface area contributed by atoms with Gasteiger partial charge in [-0.1, -0.05) is 26.0 Å². The van der Waals surface area contributed by atoms with Crippen LogP contribution in [0.25, 0.3) is 0 Å². The lowest BCUT2D eigenvalue weighted by Gasteiger charge is -2.08. The quantitative estimate of drug-likeness (QED) is 0.518. The summed E-state index contributed by atoms with van der Waals surface area (Å²) in [5.74, 6) is 0.978. The van der Waals surface area contributed by atoms with Crippen LogP contribution in [0.5, 0.6) is 0 Å². The van der Waals surface area contributed by atoms with Crippen molar-refractivity contribution in [2.24, 2.45) is 16.6 Å². The van der Waals surface area contributed by atoms with E-state index in [-0.39, 0.29) is 4.90 Å². The highest BCUT2D eigenvalue weighted by molar-refractivity contribution is 7.89. The van der Waals surface area contributed by atoms with Gasteiger partial charge in [0, 0.05) is 6.54 Å². The molecule has 0 saturated heterocycles. The van der Waals surface area contributed by atoms with Crippen molar-refractivity contribution in [3.05, 3.63) is 29.8 Å². The Labute approximate surface area is 126 Å². The van der Waals surface area contributed by atoms with Gasteiger partial charge in [0.25, 0.3) is 0 Å². The Bertz CT molecular complexity index is 582. The van der Waals surface area contributed by atoms with Crippen molar-refractivity contribution in [2.75, 3.05) is 13.6 Å². The van der Waals surface area contributed by atoms with Gasteiger partial charge < -0.3 is 11.1 Å². The zero-order valence-electron chi connectivity index (χ0n) is 12.8. The molecule has 1 rings (SSSR count). The molecule has 0 aromatic heterocycles. The molecule has 7 heteroatoms. The fraction of sp³-hybridized carbons (Fsp3) is 0.500. The van der Waals surface area contributed by atoms with E-state index in [1.807, 2.05) is 6.07 Å². The van der Waals surface area contributed by atoms with E-state index < -0.39 is 10.0 Å². The summed E-state index contributed by atoms with van der Waals surface area (Å²) >= 11 is 0. The molecule has 0 atom stereocenters. The van der Waals surface area contributed by atoms with Crippen molar-refractivity contribution in [3.63, 3.8) is 0 Å². The average molecular weight is 312 g/mol. The molecule has 0 aliphatic rings. The van der Waals surface area contributed by atoms with Crippen LogP contribution in [0.1, 0.15) is 25.8 Å². The van der Waals surface area contributed by atoms with Gasteiger partial charge in [-0.25, -0.2) is 18.1 Å². The Balaban J connectivity index is 2.65. The van der Waals surface area contributed by atoms with Crippen molar-refractivity contribution in [1.82, 2.24) is 10.0 Å². The molecule has 4 N–H and O–H groups in total. The number of rotatable bonds is 7. The molecule has 1 aromatic carbocycles. The van der Waals surface area contributed by atoms with E-state index in [9.17, 15) is 8.42 Å². The summed E-state index contributed by atoms with van der Waals surface area (Å²) in [6, 6.07) is 6.65. The van der Waals surface area contributed by atoms with E-state index in [2.05, 4.69) is 28.9 Å². The number of hydrogen-bond donors (Lipinski definition) is 3. The molecule has 0 radical (unpaired) electrons. The number of guanidine groups is 1. The molecule has 0 heterocycles. The molecule has 0 spiro atoms. The second kappa shape index (κ2) is 7.99. The second-order valence-electron chi connectivity index (χ2n) is 5.17. The summed E-state index contributed by atoms with van der Waals surface area (Å²) in [6.07, 6.45) is 1.02. The first-order chi connectivity index (χ1) is 9.85. The SMILES string of the molecule is CNS(=O)(=O)c1cccc(CN=C(N)NCCC(C)C)c1. The minimum Gasteiger partial charge on any atom is -0.370 e. The molecule has 0 amide bonds. The van der Waals surface area contributed by atoms with Crippen LogP contribution in [-0.4, -0.2) is 28.0 Å². The van der Waals surface area contributed by atoms with Crippen molar-refractivity contribution in [1.29, 1.82) is 0 Å². The van der Waals surface area contributed by atoms with E-state index >= 15 is 0 Å². The number of hydrogen-bond acceptors (Lipinski definition) is 3. The smallest absolute Gasteiger partial charge is 0.240 e. The lowest BCUT2D eigenvalue weighted by molar-refractivity contribution is 0.576. The van der Waals surface area contributed by atoms with E-state index in [4.69, 9.17) is 5.73 Å². The zero-order valence-corrected chi connectivity index (χ0v) is 13.6. The summed E-state index contributed by atoms with van der Waals surface area (Å²) in [5.41, 5.74) is 6.56. The lowest BCUT2D eigenvalue weighted by atomic mass is 10.1. The molecular weight excluding hydrogens is 288 g/mol. The predicted molar refractivity (Wildman–Crippen MR) is 85.5 cm³/mol. The first-order valence-electron chi connectivity index (χ1n) is 6.91. The average Bonchev–Trinajstić information content (AvgIpc) is 2.45. The van der Waals surface area contributed by atoms with E-state index in [1.54, 1.807) is 18.2 Å². The van der Waals surface area contributed by atoms with Crippen LogP contribution in [0, 0.1) is 5.92 Å². The number of nitrogens with one attached hydrogen (secondary N) is 2. The van der Waals surface area contributed by atoms with Crippen LogP contribution in [0.2, 0.25) is 0 Å². The van der Waals surface area contributed by atoms with Crippen molar-refractivity contribution in [2.45, 2.75) is 31.7 Å². The predicted octanol–water partition coefficient (Wildman–Crippen LogP) is 1.05. The lowest BCUT2D eigenvalue weighted by Crippen LogP contribution is -2.32. The normalized spacial score (nSPS) is 12.7. The molecule has 21 heavy (non-hydrogen) atoms. The fourth-order valence-electron chi connectivity index (χ4n) is 1.65. The monoisotopic (exact) mass is 312 g/mol. The minimum atomic E-state index is -3.43. The van der Waals surface area contributed by atoms with Crippen LogP contribution in [0.15, 0.2) is 34.2 Å². The molecule has 0 saturated carbocycles. The number of aliphatic imine (C=N–C) groups is 1. The Kier molecular flexibility index (Phi) is 6.64. The Morgan fingerprint density at radius 1 is 1.38 bits per heavy atom. The first-order valence-corrected chi connectivity index (χ1v) is 8.39. The highest BCUT2D eigenvalue weighted by Crippen LogP contribution is 2.11. The van der Waals surface area contributed by atoms with Crippen LogP contribution in [0.4, 0.5) is 0 Å². The molecule has 0 unspecified atom stereocenters. The summed E-state index contributed by atoms with van der Waals surface area (Å²) in [4.78, 5) is 4.43. The molecular formula is C14H24N4O2S. The summed E-state index contributed by atoms with van der Waals surface area (Å²) in [5, 5.41) is 3.04. The molecule has 118 valence electrons. The summed E-state index contributed by atoms with van der Waals surface area (Å²) in [6.45, 7) is 5.40. The highest BCUT2D eigenvalue weighted by atomic mass is 32.2. The topological polar surface area (TPSA) is 96.6 Å². The Morgan fingerprint density at radius 3 is 2.71 bits per heavy atom. The molecule has 1 aromatic rings. The Morgan fingerprint density at radius 2 is 2.10 bits per heavy atom. The van der Waals surface area contributed by atoms with Gasteiger partial charge in [-0.3, -0.25) is 0 Å². The molecule has 0 fully saturated rings. The molecule has 0 bridgehead atoms. The summed E-state index contributed by atoms with van der Waals surface area (Å²) in [7, 11) is -2.04. The maximum Gasteiger partial charge on any atom is 0.240 e. The minimum absolute atomic E-state index is 0.226. The maximum absolute atomic E-state index is 11.7. The second-order valence-corrected chi connectivity index (χ2v) is 7.05. The van der Waals surface area contributed by atoms with E-state index in [1.165, 1.54) is 7.05 Å². The number of nitrogens with two attached hydrogens (primary N) is 1. The van der Waals surface area contributed by atoms with Crippen molar-refractivity contribution in [3.8, 4) is 0 Å². The first kappa shape index (κ1) is 17.5. The van der Waals surface area contributed by atoms with Gasteiger partial charge in [-0.15, -0.1) is 0 Å². The number of nitrogens with zero attached hydrogens (tertiary/aromatic N) is 1. The van der Waals surface area contributed by atoms with Gasteiger partial charge >= 0.3 is 0 Å². The molecule has 0 aliphatic carbocycles. The van der Waals surface area contributed by atoms with E-state index in [0.29, 0.717) is 18.4 Å². The zero-order chi connectivity index (χ0) is 15.9. The standard InChI is InChI=1S/C14H24N4O2S/c1-11(2)7-8-17-14(15)18-10-12-5-4-6-13(9-12)21(19,20)16-3/h4-6,9,11,16H,7-8,10H2,1-3H3,(H3,15,17,18). The van der Waals surface area contributed by atoms with Crippen LogP contribution < -0.4 is 15.8 Å². The highest BCUT2D eigenvalue weighted by Gasteiger charge is 2.10. The third-order valence-electron chi connectivity index (χ3n) is 2.94. The van der Waals surface area contributed by atoms with Crippen molar-refractivity contribution >= 4 is 16.0 Å². The molecule has 6 nitrogen and oxygen atoms in total. The Hall–Kier alpha value is -1.60. The third kappa shape index (κ3) is 6.14. The summed E-state index contributed by atoms with van der Waals surface area (Å²) < 4.78 is 25.7. The van der Waals surface area contributed by atoms with Crippen molar-refractivity contribution < 1.29 is 8.42 Å². The van der Waals surface area contributed by atoms with Gasteiger partial charge in [-0.05, 0) is 37.1 Å². The van der Waals surface area contributed by atoms with Gasteiger partial charge in [0.1, 0.15) is 0 Å². The van der Waals surface area contributed by atoms with Gasteiger partial charge in [0.15, 0.2) is 5.96 Å². The largest absolute Gasteiger partial charge is 0.370 e. The number of benzene rings is 1. The van der Waals surface area contributed by atoms with Crippen LogP contribution in [0.3, 0.4) is 0 Å². The fourth-order valence-corrected chi connectivity index (χ4v) is 2.45. The van der Waals surface area contributed by atoms with Gasteiger partial charge in [0.05, 0.1) is 11.4 Å². The van der Waals surface area contributed by atoms with Crippen LogP contribution >= 0.6 is 0 Å². The van der Waals surface area contributed by atoms with Crippen LogP contribution in [-0.2, 0) is 16.6 Å². The number of sulfonamides is 1. The third-order valence-corrected chi connectivity index (χ3v) is 4.35. The van der Waals surface area contributed by atoms with Gasteiger partial charge in [0.2, 0.25) is 10.0 Å².